The summed E-state index contributed by atoms with van der Waals surface area (Å²) in [5, 5.41) is 0. The van der Waals surface area contributed by atoms with Gasteiger partial charge in [-0.25, -0.2) is 0 Å². The van der Waals surface area contributed by atoms with Crippen LogP contribution in [0.1, 0.15) is 23.5 Å². The van der Waals surface area contributed by atoms with Gasteiger partial charge < -0.3 is 9.47 Å². The SMILES string of the molecule is COC(=O)C1(C(=O)OC)C[C@@H]1c1ccc(C)cc1. The van der Waals surface area contributed by atoms with E-state index in [0.29, 0.717) is 6.42 Å². The van der Waals surface area contributed by atoms with E-state index in [0.717, 1.165) is 11.1 Å². The normalized spacial score (nSPS) is 20.1. The lowest BCUT2D eigenvalue weighted by Gasteiger charge is -2.12. The van der Waals surface area contributed by atoms with Crippen LogP contribution in [0.5, 0.6) is 0 Å². The van der Waals surface area contributed by atoms with Crippen molar-refractivity contribution in [1.29, 1.82) is 0 Å². The minimum atomic E-state index is -1.14. The van der Waals surface area contributed by atoms with Crippen LogP contribution in [-0.2, 0) is 19.1 Å². The molecule has 1 aliphatic carbocycles. The summed E-state index contributed by atoms with van der Waals surface area (Å²) in [6.07, 6.45) is 0.454. The topological polar surface area (TPSA) is 52.6 Å². The number of esters is 2. The van der Waals surface area contributed by atoms with E-state index < -0.39 is 17.4 Å². The average molecular weight is 248 g/mol. The number of hydrogen-bond acceptors (Lipinski definition) is 4. The van der Waals surface area contributed by atoms with Gasteiger partial charge in [0.2, 0.25) is 0 Å². The highest BCUT2D eigenvalue weighted by atomic mass is 16.5. The van der Waals surface area contributed by atoms with Gasteiger partial charge in [-0.15, -0.1) is 0 Å². The Hall–Kier alpha value is -1.84. The second kappa shape index (κ2) is 4.44. The summed E-state index contributed by atoms with van der Waals surface area (Å²) < 4.78 is 9.47. The Kier molecular flexibility index (Phi) is 3.11. The Balaban J connectivity index is 2.30. The standard InChI is InChI=1S/C14H16O4/c1-9-4-6-10(7-5-9)11-8-14(11,12(15)17-2)13(16)18-3/h4-7,11H,8H2,1-3H3/t11-/m1/s1. The quantitative estimate of drug-likeness (QED) is 0.604. The Morgan fingerprint density at radius 2 is 1.61 bits per heavy atom. The number of carbonyl (C=O) groups is 2. The van der Waals surface area contributed by atoms with Crippen molar-refractivity contribution < 1.29 is 19.1 Å². The molecule has 18 heavy (non-hydrogen) atoms. The lowest BCUT2D eigenvalue weighted by atomic mass is 9.98. The van der Waals surface area contributed by atoms with Gasteiger partial charge in [0.05, 0.1) is 14.2 Å². The molecule has 4 nitrogen and oxygen atoms in total. The predicted octanol–water partition coefficient (Wildman–Crippen LogP) is 1.81. The Morgan fingerprint density at radius 1 is 1.11 bits per heavy atom. The molecule has 0 aromatic heterocycles. The Labute approximate surface area is 106 Å². The molecule has 0 N–H and O–H groups in total. The van der Waals surface area contributed by atoms with Crippen molar-refractivity contribution in [2.45, 2.75) is 19.3 Å². The van der Waals surface area contributed by atoms with Crippen LogP contribution in [0, 0.1) is 12.3 Å². The largest absolute Gasteiger partial charge is 0.468 e. The van der Waals surface area contributed by atoms with Crippen LogP contribution in [-0.4, -0.2) is 26.2 Å². The number of aryl methyl sites for hydroxylation is 1. The maximum Gasteiger partial charge on any atom is 0.323 e. The second-order valence-electron chi connectivity index (χ2n) is 4.62. The molecule has 0 bridgehead atoms. The van der Waals surface area contributed by atoms with Gasteiger partial charge in [0.15, 0.2) is 5.41 Å². The highest BCUT2D eigenvalue weighted by molar-refractivity contribution is 6.05. The van der Waals surface area contributed by atoms with Gasteiger partial charge in [-0.3, -0.25) is 9.59 Å². The summed E-state index contributed by atoms with van der Waals surface area (Å²) in [6, 6.07) is 7.81. The highest BCUT2D eigenvalue weighted by Crippen LogP contribution is 2.60. The lowest BCUT2D eigenvalue weighted by molar-refractivity contribution is -0.161. The van der Waals surface area contributed by atoms with Crippen molar-refractivity contribution in [3.05, 3.63) is 35.4 Å². The molecule has 1 aliphatic rings. The molecule has 96 valence electrons. The number of hydrogen-bond donors (Lipinski definition) is 0. The fraction of sp³-hybridized carbons (Fsp3) is 0.429. The number of methoxy groups -OCH3 is 2. The highest BCUT2D eigenvalue weighted by Gasteiger charge is 2.68. The van der Waals surface area contributed by atoms with E-state index in [1.165, 1.54) is 14.2 Å². The van der Waals surface area contributed by atoms with E-state index in [2.05, 4.69) is 0 Å². The van der Waals surface area contributed by atoms with E-state index in [4.69, 9.17) is 9.47 Å². The summed E-state index contributed by atoms with van der Waals surface area (Å²) in [5.74, 6) is -1.17. The predicted molar refractivity (Wildman–Crippen MR) is 65.0 cm³/mol. The van der Waals surface area contributed by atoms with Crippen molar-refractivity contribution in [2.75, 3.05) is 14.2 Å². The van der Waals surface area contributed by atoms with Crippen LogP contribution in [0.25, 0.3) is 0 Å². The molecular formula is C14H16O4. The van der Waals surface area contributed by atoms with Crippen LogP contribution in [0.15, 0.2) is 24.3 Å². The van der Waals surface area contributed by atoms with Crippen molar-refractivity contribution in [1.82, 2.24) is 0 Å². The van der Waals surface area contributed by atoms with Gasteiger partial charge in [0, 0.05) is 5.92 Å². The summed E-state index contributed by atoms with van der Waals surface area (Å²) in [5.41, 5.74) is 0.969. The zero-order valence-corrected chi connectivity index (χ0v) is 10.7. The molecule has 1 saturated carbocycles. The van der Waals surface area contributed by atoms with Gasteiger partial charge in [-0.2, -0.15) is 0 Å². The van der Waals surface area contributed by atoms with E-state index >= 15 is 0 Å². The van der Waals surface area contributed by atoms with E-state index in [1.54, 1.807) is 0 Å². The number of rotatable bonds is 3. The molecule has 0 spiro atoms. The average Bonchev–Trinajstić information content (AvgIpc) is 3.14. The zero-order valence-electron chi connectivity index (χ0n) is 10.7. The van der Waals surface area contributed by atoms with Crippen molar-refractivity contribution in [3.8, 4) is 0 Å². The fourth-order valence-corrected chi connectivity index (χ4v) is 2.36. The lowest BCUT2D eigenvalue weighted by Crippen LogP contribution is -2.30. The first kappa shape index (κ1) is 12.6. The smallest absolute Gasteiger partial charge is 0.323 e. The zero-order chi connectivity index (χ0) is 13.3. The van der Waals surface area contributed by atoms with Crippen molar-refractivity contribution in [3.63, 3.8) is 0 Å². The summed E-state index contributed by atoms with van der Waals surface area (Å²) in [4.78, 5) is 23.6. The molecule has 0 saturated heterocycles. The molecule has 1 aromatic carbocycles. The van der Waals surface area contributed by atoms with E-state index in [1.807, 2.05) is 31.2 Å². The maximum atomic E-state index is 11.8. The maximum absolute atomic E-state index is 11.8. The summed E-state index contributed by atoms with van der Waals surface area (Å²) in [7, 11) is 2.58. The fourth-order valence-electron chi connectivity index (χ4n) is 2.36. The molecular weight excluding hydrogens is 232 g/mol. The van der Waals surface area contributed by atoms with Gasteiger partial charge >= 0.3 is 11.9 Å². The molecule has 0 heterocycles. The van der Waals surface area contributed by atoms with Crippen LogP contribution in [0.2, 0.25) is 0 Å². The second-order valence-corrected chi connectivity index (χ2v) is 4.62. The molecule has 0 aliphatic heterocycles. The Bertz CT molecular complexity index is 459. The van der Waals surface area contributed by atoms with Crippen LogP contribution in [0.3, 0.4) is 0 Å². The molecule has 0 radical (unpaired) electrons. The third-order valence-corrected chi connectivity index (χ3v) is 3.54. The minimum absolute atomic E-state index is 0.141. The van der Waals surface area contributed by atoms with Gasteiger partial charge in [-0.05, 0) is 18.9 Å². The molecule has 0 unspecified atom stereocenters. The number of carbonyl (C=O) groups excluding carboxylic acids is 2. The van der Waals surface area contributed by atoms with Crippen molar-refractivity contribution >= 4 is 11.9 Å². The Morgan fingerprint density at radius 3 is 2.06 bits per heavy atom. The molecule has 1 fully saturated rings. The van der Waals surface area contributed by atoms with Gasteiger partial charge in [0.25, 0.3) is 0 Å². The van der Waals surface area contributed by atoms with Gasteiger partial charge in [0.1, 0.15) is 0 Å². The molecule has 1 aromatic rings. The minimum Gasteiger partial charge on any atom is -0.468 e. The molecule has 1 atom stereocenters. The van der Waals surface area contributed by atoms with E-state index in [-0.39, 0.29) is 5.92 Å². The first-order valence-electron chi connectivity index (χ1n) is 5.79. The first-order valence-corrected chi connectivity index (χ1v) is 5.79. The van der Waals surface area contributed by atoms with E-state index in [9.17, 15) is 9.59 Å². The summed E-state index contributed by atoms with van der Waals surface area (Å²) >= 11 is 0. The number of ether oxygens (including phenoxy) is 2. The van der Waals surface area contributed by atoms with Crippen LogP contribution >= 0.6 is 0 Å². The molecule has 4 heteroatoms. The first-order chi connectivity index (χ1) is 8.56. The third kappa shape index (κ3) is 1.78. The third-order valence-electron chi connectivity index (χ3n) is 3.54. The summed E-state index contributed by atoms with van der Waals surface area (Å²) in [6.45, 7) is 1.99. The van der Waals surface area contributed by atoms with Crippen LogP contribution in [0.4, 0.5) is 0 Å². The van der Waals surface area contributed by atoms with Gasteiger partial charge in [-0.1, -0.05) is 29.8 Å². The van der Waals surface area contributed by atoms with Crippen LogP contribution < -0.4 is 0 Å². The van der Waals surface area contributed by atoms with Crippen molar-refractivity contribution in [2.24, 2.45) is 5.41 Å². The molecule has 0 amide bonds. The monoisotopic (exact) mass is 248 g/mol. The number of benzene rings is 1. The molecule has 2 rings (SSSR count).